The van der Waals surface area contributed by atoms with Crippen LogP contribution in [-0.4, -0.2) is 19.1 Å². The van der Waals surface area contributed by atoms with Gasteiger partial charge >= 0.3 is 5.69 Å². The molecular formula is C18H22N6O2. The summed E-state index contributed by atoms with van der Waals surface area (Å²) in [6, 6.07) is 10.1. The van der Waals surface area contributed by atoms with E-state index in [1.807, 2.05) is 18.2 Å². The fourth-order valence-electron chi connectivity index (χ4n) is 2.80. The quantitative estimate of drug-likeness (QED) is 0.559. The van der Waals surface area contributed by atoms with E-state index in [-0.39, 0.29) is 0 Å². The molecule has 0 spiro atoms. The Kier molecular flexibility index (Phi) is 4.92. The average molecular weight is 354 g/mol. The molecule has 0 aliphatic carbocycles. The average Bonchev–Trinajstić information content (AvgIpc) is 2.98. The smallest absolute Gasteiger partial charge is 0.303 e. The van der Waals surface area contributed by atoms with Gasteiger partial charge in [0, 0.05) is 19.3 Å². The summed E-state index contributed by atoms with van der Waals surface area (Å²) in [6.45, 7) is 6.15. The van der Waals surface area contributed by atoms with Crippen LogP contribution in [-0.2, 0) is 20.0 Å². The van der Waals surface area contributed by atoms with Gasteiger partial charge in [0.1, 0.15) is 0 Å². The Morgan fingerprint density at radius 1 is 1.27 bits per heavy atom. The van der Waals surface area contributed by atoms with E-state index >= 15 is 0 Å². The Morgan fingerprint density at radius 3 is 2.69 bits per heavy atom. The fraction of sp³-hybridized carbons (Fsp3) is 0.278. The molecule has 1 aromatic carbocycles. The highest BCUT2D eigenvalue weighted by Crippen LogP contribution is 2.16. The molecule has 3 aromatic rings. The van der Waals surface area contributed by atoms with Crippen LogP contribution in [0.4, 0.5) is 5.95 Å². The third-order valence-corrected chi connectivity index (χ3v) is 4.08. The van der Waals surface area contributed by atoms with Gasteiger partial charge in [0.05, 0.1) is 0 Å². The lowest BCUT2D eigenvalue weighted by Gasteiger charge is -2.11. The molecule has 0 aliphatic heterocycles. The van der Waals surface area contributed by atoms with Gasteiger partial charge < -0.3 is 9.99 Å². The van der Waals surface area contributed by atoms with Crippen LogP contribution in [0, 0.1) is 0 Å². The largest absolute Gasteiger partial charge is 0.329 e. The van der Waals surface area contributed by atoms with Crippen LogP contribution in [0.3, 0.4) is 0 Å². The topological polar surface area (TPSA) is 96.7 Å². The molecule has 136 valence electrons. The van der Waals surface area contributed by atoms with Crippen molar-refractivity contribution < 1.29 is 0 Å². The van der Waals surface area contributed by atoms with Crippen LogP contribution in [0.25, 0.3) is 11.2 Å². The van der Waals surface area contributed by atoms with Crippen molar-refractivity contribution >= 4 is 17.1 Å². The first-order valence-corrected chi connectivity index (χ1v) is 8.38. The van der Waals surface area contributed by atoms with Gasteiger partial charge in [-0.3, -0.25) is 19.8 Å². The highest BCUT2D eigenvalue weighted by molar-refractivity contribution is 5.74. The van der Waals surface area contributed by atoms with Gasteiger partial charge in [-0.15, -0.1) is 0 Å². The molecule has 0 amide bonds. The number of rotatable bonds is 7. The minimum atomic E-state index is -0.490. The Labute approximate surface area is 150 Å². The maximum atomic E-state index is 12.4. The Hall–Kier alpha value is -3.29. The number of imidazole rings is 1. The predicted molar refractivity (Wildman–Crippen MR) is 102 cm³/mol. The number of nitrogens with zero attached hydrogens (tertiary/aromatic N) is 3. The van der Waals surface area contributed by atoms with Crippen LogP contribution in [0.15, 0.2) is 52.2 Å². The monoisotopic (exact) mass is 354 g/mol. The van der Waals surface area contributed by atoms with E-state index in [0.717, 1.165) is 12.8 Å². The number of allylic oxidation sites excluding steroid dienone is 1. The highest BCUT2D eigenvalue weighted by atomic mass is 16.2. The van der Waals surface area contributed by atoms with Crippen molar-refractivity contribution in [1.29, 1.82) is 0 Å². The molecule has 0 unspecified atom stereocenters. The van der Waals surface area contributed by atoms with E-state index in [4.69, 9.17) is 0 Å². The fourth-order valence-corrected chi connectivity index (χ4v) is 2.80. The van der Waals surface area contributed by atoms with E-state index in [1.54, 1.807) is 18.5 Å². The number of fused-ring (bicyclic) bond motifs is 1. The normalized spacial score (nSPS) is 10.8. The standard InChI is InChI=1S/C18H22N6O2/c1-12(2)21-22-17-19-15-14(16(25)20-18(26)23(15)3)24(17)11-7-10-13-8-5-4-6-9-13/h4-6,8-9,21H,1,7,10-11H2,2-3H3,(H,19,22)(H,20,25,26). The molecule has 0 bridgehead atoms. The van der Waals surface area contributed by atoms with E-state index in [9.17, 15) is 9.59 Å². The molecule has 0 fully saturated rings. The number of aryl methyl sites for hydroxylation is 3. The summed E-state index contributed by atoms with van der Waals surface area (Å²) in [5.74, 6) is 0.461. The van der Waals surface area contributed by atoms with Crippen molar-refractivity contribution in [3.05, 3.63) is 69.0 Å². The molecule has 0 aliphatic rings. The van der Waals surface area contributed by atoms with Crippen LogP contribution in [0.1, 0.15) is 18.9 Å². The SMILES string of the molecule is C=C(C)NNc1nc2c(c(=O)[nH]c(=O)n2C)n1CCCc1ccccc1. The second kappa shape index (κ2) is 7.30. The van der Waals surface area contributed by atoms with E-state index in [1.165, 1.54) is 10.1 Å². The van der Waals surface area contributed by atoms with Crippen molar-refractivity contribution in [3.63, 3.8) is 0 Å². The second-order valence-corrected chi connectivity index (χ2v) is 6.20. The lowest BCUT2D eigenvalue weighted by molar-refractivity contribution is 0.654. The molecule has 8 heteroatoms. The minimum absolute atomic E-state index is 0.337. The van der Waals surface area contributed by atoms with Crippen LogP contribution in [0.2, 0.25) is 0 Å². The number of benzene rings is 1. The molecule has 0 saturated heterocycles. The summed E-state index contributed by atoms with van der Waals surface area (Å²) in [5.41, 5.74) is 7.56. The molecule has 0 atom stereocenters. The lowest BCUT2D eigenvalue weighted by atomic mass is 10.1. The first kappa shape index (κ1) is 17.5. The summed E-state index contributed by atoms with van der Waals surface area (Å²) in [6.07, 6.45) is 1.69. The van der Waals surface area contributed by atoms with Crippen molar-refractivity contribution in [2.75, 3.05) is 5.43 Å². The van der Waals surface area contributed by atoms with E-state index in [2.05, 4.69) is 39.5 Å². The summed E-state index contributed by atoms with van der Waals surface area (Å²) < 4.78 is 3.11. The zero-order valence-corrected chi connectivity index (χ0v) is 14.9. The number of nitrogens with one attached hydrogen (secondary N) is 3. The van der Waals surface area contributed by atoms with Gasteiger partial charge in [-0.2, -0.15) is 4.98 Å². The Morgan fingerprint density at radius 2 is 2.00 bits per heavy atom. The number of aromatic amines is 1. The van der Waals surface area contributed by atoms with Crippen LogP contribution in [0.5, 0.6) is 0 Å². The molecule has 3 N–H and O–H groups in total. The van der Waals surface area contributed by atoms with Crippen LogP contribution < -0.4 is 22.1 Å². The number of hydrogen-bond acceptors (Lipinski definition) is 5. The number of hydrazine groups is 1. The summed E-state index contributed by atoms with van der Waals surface area (Å²) >= 11 is 0. The van der Waals surface area contributed by atoms with Gasteiger partial charge in [0.25, 0.3) is 5.56 Å². The third kappa shape index (κ3) is 3.53. The molecule has 8 nitrogen and oxygen atoms in total. The van der Waals surface area contributed by atoms with Gasteiger partial charge in [0.15, 0.2) is 11.2 Å². The van der Waals surface area contributed by atoms with Crippen LogP contribution >= 0.6 is 0 Å². The lowest BCUT2D eigenvalue weighted by Crippen LogP contribution is -2.29. The van der Waals surface area contributed by atoms with Gasteiger partial charge in [-0.1, -0.05) is 36.9 Å². The molecule has 0 saturated carbocycles. The second-order valence-electron chi connectivity index (χ2n) is 6.20. The number of anilines is 1. The van der Waals surface area contributed by atoms with Crippen molar-refractivity contribution in [1.82, 2.24) is 24.5 Å². The Bertz CT molecular complexity index is 1050. The molecule has 3 rings (SSSR count). The highest BCUT2D eigenvalue weighted by Gasteiger charge is 2.17. The van der Waals surface area contributed by atoms with Crippen molar-refractivity contribution in [2.24, 2.45) is 7.05 Å². The van der Waals surface area contributed by atoms with Crippen molar-refractivity contribution in [2.45, 2.75) is 26.3 Å². The summed E-state index contributed by atoms with van der Waals surface area (Å²) in [7, 11) is 1.58. The third-order valence-electron chi connectivity index (χ3n) is 4.08. The van der Waals surface area contributed by atoms with Gasteiger partial charge in [-0.05, 0) is 25.3 Å². The molecule has 0 radical (unpaired) electrons. The molecule has 2 heterocycles. The number of hydrogen-bond donors (Lipinski definition) is 3. The minimum Gasteiger partial charge on any atom is -0.303 e. The molecule has 26 heavy (non-hydrogen) atoms. The van der Waals surface area contributed by atoms with E-state index < -0.39 is 11.2 Å². The summed E-state index contributed by atoms with van der Waals surface area (Å²) in [4.78, 5) is 31.0. The zero-order valence-electron chi connectivity index (χ0n) is 14.9. The predicted octanol–water partition coefficient (Wildman–Crippen LogP) is 1.51. The van der Waals surface area contributed by atoms with Gasteiger partial charge in [-0.25, -0.2) is 4.79 Å². The summed E-state index contributed by atoms with van der Waals surface area (Å²) in [5, 5.41) is 0. The molecular weight excluding hydrogens is 332 g/mol. The van der Waals surface area contributed by atoms with Gasteiger partial charge in [0.2, 0.25) is 5.95 Å². The maximum Gasteiger partial charge on any atom is 0.329 e. The first-order valence-electron chi connectivity index (χ1n) is 8.38. The Balaban J connectivity index is 1.96. The van der Waals surface area contributed by atoms with Crippen molar-refractivity contribution in [3.8, 4) is 0 Å². The number of H-pyrrole nitrogens is 1. The zero-order chi connectivity index (χ0) is 18.7. The molecule has 2 aromatic heterocycles. The van der Waals surface area contributed by atoms with E-state index in [0.29, 0.717) is 29.4 Å². The first-order chi connectivity index (χ1) is 12.5. The number of aromatic nitrogens is 4. The maximum absolute atomic E-state index is 12.4.